The number of hydrogen-bond donors (Lipinski definition) is 1. The Kier molecular flexibility index (Phi) is 3.52. The number of carbonyl (C=O) groups is 1. The number of carbonyl (C=O) groups excluding carboxylic acids is 1. The van der Waals surface area contributed by atoms with Crippen LogP contribution in [-0.4, -0.2) is 41.2 Å². The van der Waals surface area contributed by atoms with E-state index in [4.69, 9.17) is 4.74 Å². The first kappa shape index (κ1) is 12.8. The molecule has 1 fully saturated rings. The molecule has 4 nitrogen and oxygen atoms in total. The standard InChI is InChI=1S/C13H16FNO3/c1-13(17)6-7-15(9-13)12(16)8-18-11-4-2-10(14)3-5-11/h2-5,17H,6-9H2,1H3. The van der Waals surface area contributed by atoms with E-state index < -0.39 is 5.60 Å². The number of halogens is 1. The van der Waals surface area contributed by atoms with Gasteiger partial charge in [0.15, 0.2) is 6.61 Å². The molecule has 1 N–H and O–H groups in total. The third kappa shape index (κ3) is 3.20. The summed E-state index contributed by atoms with van der Waals surface area (Å²) in [6, 6.07) is 5.51. The molecular weight excluding hydrogens is 237 g/mol. The average molecular weight is 253 g/mol. The van der Waals surface area contributed by atoms with Gasteiger partial charge in [0.05, 0.1) is 5.60 Å². The van der Waals surface area contributed by atoms with Crippen molar-refractivity contribution in [3.63, 3.8) is 0 Å². The SMILES string of the molecule is CC1(O)CCN(C(=O)COc2ccc(F)cc2)C1. The van der Waals surface area contributed by atoms with Crippen molar-refractivity contribution in [2.24, 2.45) is 0 Å². The lowest BCUT2D eigenvalue weighted by Crippen LogP contribution is -2.36. The first-order valence-electron chi connectivity index (χ1n) is 5.85. The summed E-state index contributed by atoms with van der Waals surface area (Å²) in [5, 5.41) is 9.75. The number of aliphatic hydroxyl groups is 1. The van der Waals surface area contributed by atoms with Gasteiger partial charge in [0, 0.05) is 13.1 Å². The molecule has 1 saturated heterocycles. The number of likely N-dealkylation sites (tertiary alicyclic amines) is 1. The van der Waals surface area contributed by atoms with Gasteiger partial charge >= 0.3 is 0 Å². The van der Waals surface area contributed by atoms with Crippen molar-refractivity contribution in [2.45, 2.75) is 18.9 Å². The summed E-state index contributed by atoms with van der Waals surface area (Å²) >= 11 is 0. The number of β-amino-alcohol motifs (C(OH)–C–C–N with tert-alkyl or cyclic N) is 1. The molecule has 0 bridgehead atoms. The Balaban J connectivity index is 1.84. The van der Waals surface area contributed by atoms with Gasteiger partial charge in [0.1, 0.15) is 11.6 Å². The first-order valence-corrected chi connectivity index (χ1v) is 5.85. The van der Waals surface area contributed by atoms with Gasteiger partial charge < -0.3 is 14.7 Å². The monoisotopic (exact) mass is 253 g/mol. The zero-order valence-corrected chi connectivity index (χ0v) is 10.2. The van der Waals surface area contributed by atoms with E-state index in [0.29, 0.717) is 25.3 Å². The van der Waals surface area contributed by atoms with Crippen LogP contribution in [0.4, 0.5) is 4.39 Å². The molecule has 0 saturated carbocycles. The number of benzene rings is 1. The van der Waals surface area contributed by atoms with E-state index >= 15 is 0 Å². The number of amides is 1. The molecule has 0 radical (unpaired) electrons. The molecule has 1 heterocycles. The van der Waals surface area contributed by atoms with E-state index in [-0.39, 0.29) is 18.3 Å². The van der Waals surface area contributed by atoms with Crippen LogP contribution in [0.25, 0.3) is 0 Å². The summed E-state index contributed by atoms with van der Waals surface area (Å²) in [7, 11) is 0. The fraction of sp³-hybridized carbons (Fsp3) is 0.462. The third-order valence-electron chi connectivity index (χ3n) is 2.98. The molecule has 2 rings (SSSR count). The maximum Gasteiger partial charge on any atom is 0.260 e. The minimum atomic E-state index is -0.800. The highest BCUT2D eigenvalue weighted by molar-refractivity contribution is 5.78. The van der Waals surface area contributed by atoms with Gasteiger partial charge in [-0.25, -0.2) is 4.39 Å². The van der Waals surface area contributed by atoms with Crippen LogP contribution >= 0.6 is 0 Å². The predicted molar refractivity (Wildman–Crippen MR) is 63.7 cm³/mol. The lowest BCUT2D eigenvalue weighted by Gasteiger charge is -2.19. The second-order valence-electron chi connectivity index (χ2n) is 4.80. The highest BCUT2D eigenvalue weighted by Gasteiger charge is 2.33. The van der Waals surface area contributed by atoms with Crippen LogP contribution in [0.2, 0.25) is 0 Å². The quantitative estimate of drug-likeness (QED) is 0.880. The normalized spacial score (nSPS) is 23.2. The van der Waals surface area contributed by atoms with Crippen molar-refractivity contribution in [3.05, 3.63) is 30.1 Å². The van der Waals surface area contributed by atoms with Gasteiger partial charge in [0.25, 0.3) is 5.91 Å². The highest BCUT2D eigenvalue weighted by atomic mass is 19.1. The zero-order chi connectivity index (χ0) is 13.2. The molecular formula is C13H16FNO3. The topological polar surface area (TPSA) is 49.8 Å². The minimum Gasteiger partial charge on any atom is -0.484 e. The van der Waals surface area contributed by atoms with Crippen molar-refractivity contribution >= 4 is 5.91 Å². The van der Waals surface area contributed by atoms with Crippen molar-refractivity contribution in [3.8, 4) is 5.75 Å². The molecule has 0 spiro atoms. The molecule has 1 aromatic carbocycles. The fourth-order valence-corrected chi connectivity index (χ4v) is 1.93. The van der Waals surface area contributed by atoms with Crippen molar-refractivity contribution in [1.82, 2.24) is 4.90 Å². The molecule has 1 aromatic rings. The highest BCUT2D eigenvalue weighted by Crippen LogP contribution is 2.20. The van der Waals surface area contributed by atoms with E-state index in [1.165, 1.54) is 24.3 Å². The molecule has 5 heteroatoms. The Bertz CT molecular complexity index is 430. The van der Waals surface area contributed by atoms with Crippen LogP contribution in [0, 0.1) is 5.82 Å². The van der Waals surface area contributed by atoms with Gasteiger partial charge in [0.2, 0.25) is 0 Å². The lowest BCUT2D eigenvalue weighted by molar-refractivity contribution is -0.133. The van der Waals surface area contributed by atoms with Crippen LogP contribution in [0.5, 0.6) is 5.75 Å². The minimum absolute atomic E-state index is 0.0955. The Morgan fingerprint density at radius 2 is 2.17 bits per heavy atom. The molecule has 1 atom stereocenters. The summed E-state index contributed by atoms with van der Waals surface area (Å²) in [5.41, 5.74) is -0.800. The zero-order valence-electron chi connectivity index (χ0n) is 10.2. The van der Waals surface area contributed by atoms with Gasteiger partial charge in [-0.3, -0.25) is 4.79 Å². The van der Waals surface area contributed by atoms with Gasteiger partial charge in [-0.15, -0.1) is 0 Å². The smallest absolute Gasteiger partial charge is 0.260 e. The molecule has 0 aromatic heterocycles. The van der Waals surface area contributed by atoms with Gasteiger partial charge in [-0.05, 0) is 37.6 Å². The van der Waals surface area contributed by atoms with E-state index in [2.05, 4.69) is 0 Å². The first-order chi connectivity index (χ1) is 8.46. The van der Waals surface area contributed by atoms with Gasteiger partial charge in [-0.1, -0.05) is 0 Å². The predicted octanol–water partition coefficient (Wildman–Crippen LogP) is 1.19. The molecule has 1 aliphatic rings. The maximum absolute atomic E-state index is 12.7. The van der Waals surface area contributed by atoms with E-state index in [1.807, 2.05) is 0 Å². The van der Waals surface area contributed by atoms with Crippen LogP contribution in [0.15, 0.2) is 24.3 Å². The largest absolute Gasteiger partial charge is 0.484 e. The third-order valence-corrected chi connectivity index (χ3v) is 2.98. The van der Waals surface area contributed by atoms with Crippen molar-refractivity contribution in [2.75, 3.05) is 19.7 Å². The Labute approximate surface area is 105 Å². The number of nitrogens with zero attached hydrogens (tertiary/aromatic N) is 1. The van der Waals surface area contributed by atoms with Crippen LogP contribution in [-0.2, 0) is 4.79 Å². The molecule has 18 heavy (non-hydrogen) atoms. The van der Waals surface area contributed by atoms with E-state index in [9.17, 15) is 14.3 Å². The van der Waals surface area contributed by atoms with Crippen molar-refractivity contribution < 1.29 is 19.0 Å². The maximum atomic E-state index is 12.7. The van der Waals surface area contributed by atoms with Crippen LogP contribution in [0.3, 0.4) is 0 Å². The van der Waals surface area contributed by atoms with E-state index in [0.717, 1.165) is 0 Å². The molecule has 1 amide bonds. The summed E-state index contributed by atoms with van der Waals surface area (Å²) in [4.78, 5) is 13.4. The Hall–Kier alpha value is -1.62. The summed E-state index contributed by atoms with van der Waals surface area (Å²) in [6.07, 6.45) is 0.579. The second kappa shape index (κ2) is 4.94. The number of ether oxygens (including phenoxy) is 1. The lowest BCUT2D eigenvalue weighted by atomic mass is 10.1. The number of hydrogen-bond acceptors (Lipinski definition) is 3. The molecule has 1 unspecified atom stereocenters. The van der Waals surface area contributed by atoms with E-state index in [1.54, 1.807) is 11.8 Å². The average Bonchev–Trinajstić information content (AvgIpc) is 2.69. The Morgan fingerprint density at radius 1 is 1.50 bits per heavy atom. The fourth-order valence-electron chi connectivity index (χ4n) is 1.93. The summed E-state index contributed by atoms with van der Waals surface area (Å²) < 4.78 is 17.9. The summed E-state index contributed by atoms with van der Waals surface area (Å²) in [5.74, 6) is -0.0583. The van der Waals surface area contributed by atoms with Crippen molar-refractivity contribution in [1.29, 1.82) is 0 Å². The number of rotatable bonds is 3. The summed E-state index contributed by atoms with van der Waals surface area (Å²) in [6.45, 7) is 2.49. The molecule has 0 aliphatic carbocycles. The van der Waals surface area contributed by atoms with Crippen LogP contribution in [0.1, 0.15) is 13.3 Å². The molecule has 98 valence electrons. The molecule has 1 aliphatic heterocycles. The second-order valence-corrected chi connectivity index (χ2v) is 4.80. The Morgan fingerprint density at radius 3 is 2.72 bits per heavy atom. The van der Waals surface area contributed by atoms with Gasteiger partial charge in [-0.2, -0.15) is 0 Å². The van der Waals surface area contributed by atoms with Crippen LogP contribution < -0.4 is 4.74 Å².